The molecular weight excluding hydrogens is 352 g/mol. The van der Waals surface area contributed by atoms with Crippen molar-refractivity contribution in [3.63, 3.8) is 0 Å². The van der Waals surface area contributed by atoms with E-state index >= 15 is 0 Å². The van der Waals surface area contributed by atoms with E-state index in [-0.39, 0.29) is 11.9 Å². The van der Waals surface area contributed by atoms with Crippen LogP contribution >= 0.6 is 28.1 Å². The van der Waals surface area contributed by atoms with Crippen molar-refractivity contribution in [2.24, 2.45) is 5.92 Å². The first-order valence-corrected chi connectivity index (χ1v) is 8.04. The predicted octanol–water partition coefficient (Wildman–Crippen LogP) is 3.50. The molecule has 1 aromatic rings. The lowest BCUT2D eigenvalue weighted by molar-refractivity contribution is 0.0971. The molecule has 21 heavy (non-hydrogen) atoms. The minimum absolute atomic E-state index is 0.164. The van der Waals surface area contributed by atoms with E-state index in [1.165, 1.54) is 0 Å². The first-order chi connectivity index (χ1) is 9.79. The molecule has 0 aromatic heterocycles. The van der Waals surface area contributed by atoms with Gasteiger partial charge in [0.2, 0.25) is 0 Å². The minimum Gasteiger partial charge on any atom is -0.492 e. The minimum atomic E-state index is -0.284. The number of hydrogen-bond donors (Lipinski definition) is 2. The molecule has 1 amide bonds. The zero-order valence-electron chi connectivity index (χ0n) is 12.7. The molecule has 0 fully saturated rings. The van der Waals surface area contributed by atoms with Gasteiger partial charge in [-0.15, -0.1) is 0 Å². The van der Waals surface area contributed by atoms with Crippen LogP contribution in [-0.2, 0) is 0 Å². The van der Waals surface area contributed by atoms with Crippen LogP contribution in [-0.4, -0.2) is 23.7 Å². The Morgan fingerprint density at radius 2 is 2.00 bits per heavy atom. The summed E-state index contributed by atoms with van der Waals surface area (Å²) >= 11 is 8.46. The van der Waals surface area contributed by atoms with Gasteiger partial charge in [-0.3, -0.25) is 10.1 Å². The zero-order valence-corrected chi connectivity index (χ0v) is 15.1. The third-order valence-electron chi connectivity index (χ3n) is 2.41. The normalized spacial score (nSPS) is 10.6. The highest BCUT2D eigenvalue weighted by molar-refractivity contribution is 9.10. The second-order valence-corrected chi connectivity index (χ2v) is 6.75. The second kappa shape index (κ2) is 8.34. The molecule has 0 unspecified atom stereocenters. The van der Waals surface area contributed by atoms with Crippen molar-refractivity contribution in [2.75, 3.05) is 6.61 Å². The fraction of sp³-hybridized carbons (Fsp3) is 0.467. The summed E-state index contributed by atoms with van der Waals surface area (Å²) in [5.74, 6) is 0.651. The third kappa shape index (κ3) is 6.44. The third-order valence-corrected chi connectivity index (χ3v) is 3.12. The van der Waals surface area contributed by atoms with E-state index in [4.69, 9.17) is 17.0 Å². The predicted molar refractivity (Wildman–Crippen MR) is 92.8 cm³/mol. The van der Waals surface area contributed by atoms with Gasteiger partial charge in [0.1, 0.15) is 5.75 Å². The number of carbonyl (C=O) groups excluding carboxylic acids is 1. The van der Waals surface area contributed by atoms with E-state index in [0.29, 0.717) is 29.0 Å². The lowest BCUT2D eigenvalue weighted by Gasteiger charge is -2.15. The van der Waals surface area contributed by atoms with Gasteiger partial charge in [-0.05, 0) is 50.2 Å². The van der Waals surface area contributed by atoms with Crippen LogP contribution < -0.4 is 15.4 Å². The van der Waals surface area contributed by atoms with E-state index in [2.05, 4.69) is 40.4 Å². The molecule has 116 valence electrons. The van der Waals surface area contributed by atoms with Crippen molar-refractivity contribution in [3.8, 4) is 5.75 Å². The first-order valence-electron chi connectivity index (χ1n) is 6.83. The highest BCUT2D eigenvalue weighted by Gasteiger charge is 2.15. The summed E-state index contributed by atoms with van der Waals surface area (Å²) in [5.41, 5.74) is 0.456. The Bertz CT molecular complexity index is 518. The summed E-state index contributed by atoms with van der Waals surface area (Å²) < 4.78 is 6.50. The number of benzene rings is 1. The lowest BCUT2D eigenvalue weighted by atomic mass is 10.2. The van der Waals surface area contributed by atoms with E-state index in [0.717, 1.165) is 4.47 Å². The van der Waals surface area contributed by atoms with Crippen LogP contribution in [0.4, 0.5) is 0 Å². The van der Waals surface area contributed by atoms with Crippen LogP contribution in [0.15, 0.2) is 22.7 Å². The Hall–Kier alpha value is -1.14. The van der Waals surface area contributed by atoms with E-state index in [1.807, 2.05) is 19.9 Å². The van der Waals surface area contributed by atoms with Crippen molar-refractivity contribution < 1.29 is 9.53 Å². The number of carbonyl (C=O) groups is 1. The van der Waals surface area contributed by atoms with Crippen LogP contribution in [0.1, 0.15) is 38.1 Å². The fourth-order valence-electron chi connectivity index (χ4n) is 1.53. The SMILES string of the molecule is CC(C)COc1ccc(Br)cc1C(=O)NC(=S)NC(C)C. The lowest BCUT2D eigenvalue weighted by Crippen LogP contribution is -2.42. The summed E-state index contributed by atoms with van der Waals surface area (Å²) in [6.45, 7) is 8.57. The molecule has 0 heterocycles. The molecule has 4 nitrogen and oxygen atoms in total. The van der Waals surface area contributed by atoms with Gasteiger partial charge in [0.05, 0.1) is 12.2 Å². The van der Waals surface area contributed by atoms with Crippen LogP contribution in [0.2, 0.25) is 0 Å². The number of amides is 1. The maximum Gasteiger partial charge on any atom is 0.261 e. The summed E-state index contributed by atoms with van der Waals surface area (Å²) in [4.78, 5) is 12.3. The molecule has 0 saturated heterocycles. The zero-order chi connectivity index (χ0) is 16.0. The van der Waals surface area contributed by atoms with Gasteiger partial charge in [-0.25, -0.2) is 0 Å². The fourth-order valence-corrected chi connectivity index (χ4v) is 2.22. The first kappa shape index (κ1) is 17.9. The standard InChI is InChI=1S/C15H21BrN2O2S/c1-9(2)8-20-13-6-5-11(16)7-12(13)14(19)18-15(21)17-10(3)4/h5-7,9-10H,8H2,1-4H3,(H2,17,18,19,21). The maximum atomic E-state index is 12.3. The van der Waals surface area contributed by atoms with Crippen molar-refractivity contribution in [1.29, 1.82) is 0 Å². The second-order valence-electron chi connectivity index (χ2n) is 5.43. The number of rotatable bonds is 5. The molecule has 0 saturated carbocycles. The number of ether oxygens (including phenoxy) is 1. The van der Waals surface area contributed by atoms with Crippen LogP contribution in [0, 0.1) is 5.92 Å². The van der Waals surface area contributed by atoms with Crippen molar-refractivity contribution in [2.45, 2.75) is 33.7 Å². The summed E-state index contributed by atoms with van der Waals surface area (Å²) in [6, 6.07) is 5.51. The average Bonchev–Trinajstić information content (AvgIpc) is 2.35. The van der Waals surface area contributed by atoms with E-state index < -0.39 is 0 Å². The van der Waals surface area contributed by atoms with Gasteiger partial charge >= 0.3 is 0 Å². The smallest absolute Gasteiger partial charge is 0.261 e. The molecule has 0 aliphatic carbocycles. The Labute approximate surface area is 139 Å². The van der Waals surface area contributed by atoms with Gasteiger partial charge in [-0.1, -0.05) is 29.8 Å². The van der Waals surface area contributed by atoms with Crippen molar-refractivity contribution >= 4 is 39.2 Å². The van der Waals surface area contributed by atoms with Gasteiger partial charge in [0.25, 0.3) is 5.91 Å². The molecule has 2 N–H and O–H groups in total. The summed E-state index contributed by atoms with van der Waals surface area (Å²) in [5, 5.41) is 5.95. The van der Waals surface area contributed by atoms with Crippen molar-refractivity contribution in [3.05, 3.63) is 28.2 Å². The highest BCUT2D eigenvalue weighted by Crippen LogP contribution is 2.23. The Balaban J connectivity index is 2.86. The van der Waals surface area contributed by atoms with Gasteiger partial charge in [0.15, 0.2) is 5.11 Å². The molecule has 0 aliphatic rings. The number of nitrogens with one attached hydrogen (secondary N) is 2. The Kier molecular flexibility index (Phi) is 7.11. The van der Waals surface area contributed by atoms with Crippen LogP contribution in [0.5, 0.6) is 5.75 Å². The largest absolute Gasteiger partial charge is 0.492 e. The quantitative estimate of drug-likeness (QED) is 0.776. The van der Waals surface area contributed by atoms with Gasteiger partial charge in [-0.2, -0.15) is 0 Å². The number of thiocarbonyl (C=S) groups is 1. The topological polar surface area (TPSA) is 50.4 Å². The van der Waals surface area contributed by atoms with Gasteiger partial charge in [0, 0.05) is 10.5 Å². The maximum absolute atomic E-state index is 12.3. The highest BCUT2D eigenvalue weighted by atomic mass is 79.9. The molecule has 6 heteroatoms. The molecule has 1 aromatic carbocycles. The Morgan fingerprint density at radius 1 is 1.33 bits per heavy atom. The molecule has 0 radical (unpaired) electrons. The molecule has 0 spiro atoms. The average molecular weight is 373 g/mol. The van der Waals surface area contributed by atoms with Crippen molar-refractivity contribution in [1.82, 2.24) is 10.6 Å². The van der Waals surface area contributed by atoms with E-state index in [1.54, 1.807) is 12.1 Å². The number of hydrogen-bond acceptors (Lipinski definition) is 3. The van der Waals surface area contributed by atoms with Gasteiger partial charge < -0.3 is 10.1 Å². The molecular formula is C15H21BrN2O2S. The summed E-state index contributed by atoms with van der Waals surface area (Å²) in [6.07, 6.45) is 0. The van der Waals surface area contributed by atoms with Crippen LogP contribution in [0.3, 0.4) is 0 Å². The number of halogens is 1. The van der Waals surface area contributed by atoms with Crippen LogP contribution in [0.25, 0.3) is 0 Å². The van der Waals surface area contributed by atoms with E-state index in [9.17, 15) is 4.79 Å². The molecule has 0 atom stereocenters. The Morgan fingerprint density at radius 3 is 2.57 bits per heavy atom. The summed E-state index contributed by atoms with van der Waals surface area (Å²) in [7, 11) is 0. The molecule has 1 rings (SSSR count). The molecule has 0 bridgehead atoms. The molecule has 0 aliphatic heterocycles. The monoisotopic (exact) mass is 372 g/mol.